The molecule has 0 N–H and O–H groups in total. The lowest BCUT2D eigenvalue weighted by molar-refractivity contribution is -0.136. The second kappa shape index (κ2) is 3.94. The molecule has 13 heavy (non-hydrogen) atoms. The summed E-state index contributed by atoms with van der Waals surface area (Å²) >= 11 is 0. The highest BCUT2D eigenvalue weighted by Crippen LogP contribution is 2.28. The van der Waals surface area contributed by atoms with E-state index in [0.29, 0.717) is 0 Å². The SMILES string of the molecule is COC1=CC(OC)(OC)C=C(C)C1. The van der Waals surface area contributed by atoms with E-state index in [9.17, 15) is 0 Å². The Morgan fingerprint density at radius 1 is 1.15 bits per heavy atom. The summed E-state index contributed by atoms with van der Waals surface area (Å²) in [5.41, 5.74) is 1.18. The number of rotatable bonds is 3. The number of hydrogen-bond donors (Lipinski definition) is 0. The van der Waals surface area contributed by atoms with Crippen molar-refractivity contribution in [2.45, 2.75) is 19.1 Å². The average molecular weight is 184 g/mol. The van der Waals surface area contributed by atoms with E-state index in [0.717, 1.165) is 12.2 Å². The minimum absolute atomic E-state index is 0.742. The van der Waals surface area contributed by atoms with Crippen molar-refractivity contribution in [3.8, 4) is 0 Å². The highest BCUT2D eigenvalue weighted by Gasteiger charge is 2.28. The van der Waals surface area contributed by atoms with E-state index >= 15 is 0 Å². The second-order valence-electron chi connectivity index (χ2n) is 3.11. The van der Waals surface area contributed by atoms with Crippen molar-refractivity contribution in [1.82, 2.24) is 0 Å². The van der Waals surface area contributed by atoms with Crippen LogP contribution >= 0.6 is 0 Å². The summed E-state index contributed by atoms with van der Waals surface area (Å²) in [5, 5.41) is 0. The molecule has 0 saturated carbocycles. The Morgan fingerprint density at radius 2 is 1.77 bits per heavy atom. The molecule has 0 saturated heterocycles. The van der Waals surface area contributed by atoms with Gasteiger partial charge in [0.05, 0.1) is 7.11 Å². The molecule has 1 rings (SSSR count). The van der Waals surface area contributed by atoms with E-state index in [1.54, 1.807) is 21.3 Å². The van der Waals surface area contributed by atoms with Crippen LogP contribution < -0.4 is 0 Å². The lowest BCUT2D eigenvalue weighted by Gasteiger charge is -2.29. The third-order valence-corrected chi connectivity index (χ3v) is 2.16. The van der Waals surface area contributed by atoms with Crippen molar-refractivity contribution < 1.29 is 14.2 Å². The molecule has 0 heterocycles. The molecule has 3 nitrogen and oxygen atoms in total. The predicted molar refractivity (Wildman–Crippen MR) is 50.2 cm³/mol. The number of methoxy groups -OCH3 is 3. The molecule has 0 fully saturated rings. The van der Waals surface area contributed by atoms with Gasteiger partial charge in [0.25, 0.3) is 0 Å². The molecule has 3 heteroatoms. The van der Waals surface area contributed by atoms with Crippen LogP contribution in [0.15, 0.2) is 23.5 Å². The second-order valence-corrected chi connectivity index (χ2v) is 3.11. The van der Waals surface area contributed by atoms with Gasteiger partial charge in [-0.15, -0.1) is 0 Å². The zero-order chi connectivity index (χ0) is 9.90. The lowest BCUT2D eigenvalue weighted by Crippen LogP contribution is -2.31. The van der Waals surface area contributed by atoms with Crippen molar-refractivity contribution in [3.63, 3.8) is 0 Å². The van der Waals surface area contributed by atoms with Crippen LogP contribution in [0.2, 0.25) is 0 Å². The van der Waals surface area contributed by atoms with Crippen molar-refractivity contribution >= 4 is 0 Å². The summed E-state index contributed by atoms with van der Waals surface area (Å²) in [7, 11) is 4.88. The quantitative estimate of drug-likeness (QED) is 0.495. The summed E-state index contributed by atoms with van der Waals surface area (Å²) in [5.74, 6) is 0.136. The third-order valence-electron chi connectivity index (χ3n) is 2.16. The molecule has 0 aromatic rings. The summed E-state index contributed by atoms with van der Waals surface area (Å²) in [6, 6.07) is 0. The van der Waals surface area contributed by atoms with Crippen molar-refractivity contribution in [3.05, 3.63) is 23.5 Å². The zero-order valence-corrected chi connectivity index (χ0v) is 8.59. The minimum Gasteiger partial charge on any atom is -0.501 e. The third kappa shape index (κ3) is 2.11. The molecular formula is C10H16O3. The minimum atomic E-state index is -0.742. The summed E-state index contributed by atoms with van der Waals surface area (Å²) in [4.78, 5) is 0. The standard InChI is InChI=1S/C10H16O3/c1-8-5-9(11-2)7-10(6-8,12-3)13-4/h6-7H,5H2,1-4H3. The molecular weight excluding hydrogens is 168 g/mol. The molecule has 0 amide bonds. The molecule has 0 bridgehead atoms. The number of allylic oxidation sites excluding steroid dienone is 1. The Balaban J connectivity index is 2.94. The Morgan fingerprint density at radius 3 is 2.23 bits per heavy atom. The van der Waals surface area contributed by atoms with Crippen LogP contribution in [0.4, 0.5) is 0 Å². The first-order chi connectivity index (χ1) is 6.15. The van der Waals surface area contributed by atoms with Crippen LogP contribution in [-0.2, 0) is 14.2 Å². The van der Waals surface area contributed by atoms with Gasteiger partial charge in [-0.05, 0) is 13.0 Å². The molecule has 0 unspecified atom stereocenters. The van der Waals surface area contributed by atoms with E-state index in [1.165, 1.54) is 5.57 Å². The molecule has 0 aromatic heterocycles. The van der Waals surface area contributed by atoms with E-state index < -0.39 is 5.79 Å². The largest absolute Gasteiger partial charge is 0.501 e. The fraction of sp³-hybridized carbons (Fsp3) is 0.600. The van der Waals surface area contributed by atoms with Crippen LogP contribution in [-0.4, -0.2) is 27.1 Å². The maximum atomic E-state index is 5.28. The first kappa shape index (κ1) is 10.3. The van der Waals surface area contributed by atoms with Gasteiger partial charge in [-0.1, -0.05) is 5.57 Å². The van der Waals surface area contributed by atoms with Gasteiger partial charge in [0.15, 0.2) is 0 Å². The van der Waals surface area contributed by atoms with Gasteiger partial charge >= 0.3 is 0 Å². The maximum absolute atomic E-state index is 5.28. The summed E-state index contributed by atoms with van der Waals surface area (Å²) < 4.78 is 15.7. The van der Waals surface area contributed by atoms with Crippen LogP contribution in [0.5, 0.6) is 0 Å². The number of hydrogen-bond acceptors (Lipinski definition) is 3. The first-order valence-corrected chi connectivity index (χ1v) is 4.20. The van der Waals surface area contributed by atoms with E-state index in [4.69, 9.17) is 14.2 Å². The van der Waals surface area contributed by atoms with Gasteiger partial charge < -0.3 is 14.2 Å². The smallest absolute Gasteiger partial charge is 0.211 e. The molecule has 1 aliphatic rings. The molecule has 0 radical (unpaired) electrons. The topological polar surface area (TPSA) is 27.7 Å². The van der Waals surface area contributed by atoms with Gasteiger partial charge in [0.1, 0.15) is 5.76 Å². The Labute approximate surface area is 79.0 Å². The lowest BCUT2D eigenvalue weighted by atomic mass is 10.0. The molecule has 1 aliphatic carbocycles. The van der Waals surface area contributed by atoms with Crippen LogP contribution in [0.1, 0.15) is 13.3 Å². The van der Waals surface area contributed by atoms with Gasteiger partial charge in [0.2, 0.25) is 5.79 Å². The highest BCUT2D eigenvalue weighted by molar-refractivity contribution is 5.25. The van der Waals surface area contributed by atoms with Gasteiger partial charge in [-0.3, -0.25) is 0 Å². The Bertz CT molecular complexity index is 237. The molecule has 0 aromatic carbocycles. The predicted octanol–water partition coefficient (Wildman–Crippen LogP) is 1.86. The van der Waals surface area contributed by atoms with Gasteiger partial charge in [-0.2, -0.15) is 0 Å². The van der Waals surface area contributed by atoms with Crippen LogP contribution in [0, 0.1) is 0 Å². The normalized spacial score (nSPS) is 20.6. The van der Waals surface area contributed by atoms with Gasteiger partial charge in [0, 0.05) is 26.7 Å². The molecule has 0 spiro atoms. The van der Waals surface area contributed by atoms with Crippen molar-refractivity contribution in [2.24, 2.45) is 0 Å². The van der Waals surface area contributed by atoms with Crippen LogP contribution in [0.25, 0.3) is 0 Å². The van der Waals surface area contributed by atoms with E-state index in [1.807, 2.05) is 19.1 Å². The Kier molecular flexibility index (Phi) is 3.12. The van der Waals surface area contributed by atoms with Crippen LogP contribution in [0.3, 0.4) is 0 Å². The zero-order valence-electron chi connectivity index (χ0n) is 8.59. The monoisotopic (exact) mass is 184 g/mol. The Hall–Kier alpha value is -0.800. The highest BCUT2D eigenvalue weighted by atomic mass is 16.7. The molecule has 74 valence electrons. The summed E-state index contributed by atoms with van der Waals surface area (Å²) in [6.07, 6.45) is 4.63. The van der Waals surface area contributed by atoms with E-state index in [2.05, 4.69) is 0 Å². The van der Waals surface area contributed by atoms with Gasteiger partial charge in [-0.25, -0.2) is 0 Å². The van der Waals surface area contributed by atoms with Crippen molar-refractivity contribution in [2.75, 3.05) is 21.3 Å². The molecule has 0 aliphatic heterocycles. The first-order valence-electron chi connectivity index (χ1n) is 4.20. The maximum Gasteiger partial charge on any atom is 0.211 e. The van der Waals surface area contributed by atoms with E-state index in [-0.39, 0.29) is 0 Å². The van der Waals surface area contributed by atoms with Crippen molar-refractivity contribution in [1.29, 1.82) is 0 Å². The molecule has 0 atom stereocenters. The fourth-order valence-corrected chi connectivity index (χ4v) is 1.44. The summed E-state index contributed by atoms with van der Waals surface area (Å²) in [6.45, 7) is 2.03. The average Bonchev–Trinajstić information content (AvgIpc) is 2.16. The fourth-order valence-electron chi connectivity index (χ4n) is 1.44. The number of ether oxygens (including phenoxy) is 3.